The van der Waals surface area contributed by atoms with Gasteiger partial charge in [-0.05, 0) is 36.1 Å². The molecule has 1 aliphatic heterocycles. The Morgan fingerprint density at radius 2 is 1.47 bits per heavy atom. The fraction of sp³-hybridized carbons (Fsp3) is 0.222. The van der Waals surface area contributed by atoms with E-state index in [2.05, 4.69) is 6.07 Å². The minimum absolute atomic E-state index is 0.0973. The molecular formula is C27H24N2O3. The molecule has 0 radical (unpaired) electrons. The van der Waals surface area contributed by atoms with Gasteiger partial charge in [0.25, 0.3) is 5.91 Å². The van der Waals surface area contributed by atoms with Gasteiger partial charge in [0.2, 0.25) is 0 Å². The zero-order chi connectivity index (χ0) is 22.6. The second kappa shape index (κ2) is 9.07. The Hall–Kier alpha value is -3.91. The highest BCUT2D eigenvalue weighted by molar-refractivity contribution is 6.01. The highest BCUT2D eigenvalue weighted by Gasteiger charge is 2.44. The predicted molar refractivity (Wildman–Crippen MR) is 122 cm³/mol. The molecule has 0 spiro atoms. The predicted octanol–water partition coefficient (Wildman–Crippen LogP) is 4.57. The lowest BCUT2D eigenvalue weighted by Gasteiger charge is -2.40. The maximum Gasteiger partial charge on any atom is 0.316 e. The van der Waals surface area contributed by atoms with E-state index in [1.807, 2.05) is 66.7 Å². The Kier molecular flexibility index (Phi) is 6.04. The molecule has 1 fully saturated rings. The molecule has 0 unspecified atom stereocenters. The van der Waals surface area contributed by atoms with E-state index >= 15 is 0 Å². The van der Waals surface area contributed by atoms with Crippen LogP contribution < -0.4 is 0 Å². The van der Waals surface area contributed by atoms with Crippen molar-refractivity contribution >= 4 is 11.9 Å². The smallest absolute Gasteiger partial charge is 0.316 e. The number of methoxy groups -OCH3 is 1. The standard InChI is InChI=1S/C27H24N2O3/c1-32-26(31)27(21-10-3-2-4-11-21)15-17-29(18-16-27)25(30)24-14-8-7-13-23(24)22-12-6-5-9-20(22)19-28/h2-14H,15-18H2,1H3. The minimum atomic E-state index is -0.750. The maximum absolute atomic E-state index is 13.5. The van der Waals surface area contributed by atoms with Gasteiger partial charge in [-0.3, -0.25) is 9.59 Å². The quantitative estimate of drug-likeness (QED) is 0.575. The number of hydrogen-bond donors (Lipinski definition) is 0. The number of likely N-dealkylation sites (tertiary alicyclic amines) is 1. The molecule has 0 saturated carbocycles. The summed E-state index contributed by atoms with van der Waals surface area (Å²) < 4.78 is 5.16. The Balaban J connectivity index is 1.62. The number of nitrogens with zero attached hydrogens (tertiary/aromatic N) is 2. The van der Waals surface area contributed by atoms with Crippen molar-refractivity contribution in [1.29, 1.82) is 5.26 Å². The van der Waals surface area contributed by atoms with Gasteiger partial charge in [0.05, 0.1) is 24.2 Å². The highest BCUT2D eigenvalue weighted by Crippen LogP contribution is 2.38. The lowest BCUT2D eigenvalue weighted by atomic mass is 9.72. The number of amides is 1. The van der Waals surface area contributed by atoms with Crippen LogP contribution in [0.2, 0.25) is 0 Å². The number of carbonyl (C=O) groups excluding carboxylic acids is 2. The average molecular weight is 425 g/mol. The number of rotatable bonds is 4. The summed E-state index contributed by atoms with van der Waals surface area (Å²) in [5, 5.41) is 9.51. The molecule has 4 rings (SSSR count). The van der Waals surface area contributed by atoms with E-state index in [-0.39, 0.29) is 11.9 Å². The fourth-order valence-corrected chi connectivity index (χ4v) is 4.55. The van der Waals surface area contributed by atoms with Crippen LogP contribution in [0.4, 0.5) is 0 Å². The van der Waals surface area contributed by atoms with Crippen LogP contribution in [-0.4, -0.2) is 37.0 Å². The molecule has 32 heavy (non-hydrogen) atoms. The lowest BCUT2D eigenvalue weighted by molar-refractivity contribution is -0.149. The summed E-state index contributed by atoms with van der Waals surface area (Å²) in [7, 11) is 1.41. The van der Waals surface area contributed by atoms with Gasteiger partial charge < -0.3 is 9.64 Å². The zero-order valence-electron chi connectivity index (χ0n) is 18.0. The second-order valence-electron chi connectivity index (χ2n) is 7.93. The Bertz CT molecular complexity index is 1170. The van der Waals surface area contributed by atoms with Gasteiger partial charge in [0.1, 0.15) is 0 Å². The van der Waals surface area contributed by atoms with Crippen LogP contribution in [-0.2, 0) is 14.9 Å². The van der Waals surface area contributed by atoms with Gasteiger partial charge in [-0.15, -0.1) is 0 Å². The largest absolute Gasteiger partial charge is 0.468 e. The van der Waals surface area contributed by atoms with Crippen molar-refractivity contribution in [2.75, 3.05) is 20.2 Å². The number of ether oxygens (including phenoxy) is 1. The monoisotopic (exact) mass is 424 g/mol. The van der Waals surface area contributed by atoms with Crippen LogP contribution in [0.5, 0.6) is 0 Å². The zero-order valence-corrected chi connectivity index (χ0v) is 18.0. The summed E-state index contributed by atoms with van der Waals surface area (Å²) in [5.41, 5.74) is 2.73. The van der Waals surface area contributed by atoms with Gasteiger partial charge in [0, 0.05) is 24.2 Å². The van der Waals surface area contributed by atoms with Crippen molar-refractivity contribution < 1.29 is 14.3 Å². The molecule has 5 nitrogen and oxygen atoms in total. The van der Waals surface area contributed by atoms with Crippen LogP contribution in [0.25, 0.3) is 11.1 Å². The fourth-order valence-electron chi connectivity index (χ4n) is 4.55. The van der Waals surface area contributed by atoms with Gasteiger partial charge in [0.15, 0.2) is 0 Å². The van der Waals surface area contributed by atoms with E-state index in [1.165, 1.54) is 7.11 Å². The first kappa shape index (κ1) is 21.3. The first-order valence-corrected chi connectivity index (χ1v) is 10.6. The van der Waals surface area contributed by atoms with Crippen molar-refractivity contribution in [3.05, 3.63) is 95.6 Å². The summed E-state index contributed by atoms with van der Waals surface area (Å²) in [6, 6.07) is 26.5. The van der Waals surface area contributed by atoms with Crippen LogP contribution >= 0.6 is 0 Å². The van der Waals surface area contributed by atoms with E-state index in [1.54, 1.807) is 17.0 Å². The van der Waals surface area contributed by atoms with Gasteiger partial charge in [-0.25, -0.2) is 0 Å². The van der Waals surface area contributed by atoms with Crippen molar-refractivity contribution in [1.82, 2.24) is 4.90 Å². The highest BCUT2D eigenvalue weighted by atomic mass is 16.5. The normalized spacial score (nSPS) is 14.9. The first-order chi connectivity index (χ1) is 15.6. The van der Waals surface area contributed by atoms with Crippen molar-refractivity contribution in [3.63, 3.8) is 0 Å². The number of benzene rings is 3. The van der Waals surface area contributed by atoms with Crippen molar-refractivity contribution in [2.24, 2.45) is 0 Å². The van der Waals surface area contributed by atoms with E-state index in [0.29, 0.717) is 37.1 Å². The molecule has 5 heteroatoms. The third-order valence-electron chi connectivity index (χ3n) is 6.30. The molecule has 0 aliphatic carbocycles. The molecule has 0 N–H and O–H groups in total. The molecule has 3 aromatic rings. The average Bonchev–Trinajstić information content (AvgIpc) is 2.88. The lowest BCUT2D eigenvalue weighted by Crippen LogP contribution is -2.49. The molecule has 1 heterocycles. The Labute approximate surface area is 187 Å². The summed E-state index contributed by atoms with van der Waals surface area (Å²) in [6.07, 6.45) is 0.985. The van der Waals surface area contributed by atoms with Crippen LogP contribution in [0.1, 0.15) is 34.3 Å². The second-order valence-corrected chi connectivity index (χ2v) is 7.93. The van der Waals surface area contributed by atoms with E-state index < -0.39 is 5.41 Å². The van der Waals surface area contributed by atoms with Crippen LogP contribution in [0.3, 0.4) is 0 Å². The molecule has 1 aliphatic rings. The van der Waals surface area contributed by atoms with Gasteiger partial charge in [-0.1, -0.05) is 66.7 Å². The Morgan fingerprint density at radius 1 is 0.875 bits per heavy atom. The number of carbonyl (C=O) groups is 2. The minimum Gasteiger partial charge on any atom is -0.468 e. The molecule has 0 atom stereocenters. The molecular weight excluding hydrogens is 400 g/mol. The van der Waals surface area contributed by atoms with Crippen molar-refractivity contribution in [3.8, 4) is 17.2 Å². The summed E-state index contributed by atoms with van der Waals surface area (Å²) in [4.78, 5) is 28.1. The van der Waals surface area contributed by atoms with E-state index in [9.17, 15) is 14.9 Å². The van der Waals surface area contributed by atoms with Gasteiger partial charge >= 0.3 is 5.97 Å². The molecule has 160 valence electrons. The topological polar surface area (TPSA) is 70.4 Å². The molecule has 0 bridgehead atoms. The van der Waals surface area contributed by atoms with E-state index in [4.69, 9.17) is 4.74 Å². The summed E-state index contributed by atoms with van der Waals surface area (Å²) >= 11 is 0. The van der Waals surface area contributed by atoms with Gasteiger partial charge in [-0.2, -0.15) is 5.26 Å². The van der Waals surface area contributed by atoms with Crippen LogP contribution in [0, 0.1) is 11.3 Å². The maximum atomic E-state index is 13.5. The third kappa shape index (κ3) is 3.76. The third-order valence-corrected chi connectivity index (χ3v) is 6.30. The number of piperidine rings is 1. The number of nitriles is 1. The summed E-state index contributed by atoms with van der Waals surface area (Å²) in [5.74, 6) is -0.362. The summed E-state index contributed by atoms with van der Waals surface area (Å²) in [6.45, 7) is 0.883. The van der Waals surface area contributed by atoms with Crippen LogP contribution in [0.15, 0.2) is 78.9 Å². The number of hydrogen-bond acceptors (Lipinski definition) is 4. The molecule has 1 saturated heterocycles. The Morgan fingerprint density at radius 3 is 2.12 bits per heavy atom. The molecule has 1 amide bonds. The molecule has 0 aromatic heterocycles. The van der Waals surface area contributed by atoms with E-state index in [0.717, 1.165) is 16.7 Å². The first-order valence-electron chi connectivity index (χ1n) is 10.6. The SMILES string of the molecule is COC(=O)C1(c2ccccc2)CCN(C(=O)c2ccccc2-c2ccccc2C#N)CC1. The number of esters is 1. The van der Waals surface area contributed by atoms with Crippen molar-refractivity contribution in [2.45, 2.75) is 18.3 Å². The molecule has 3 aromatic carbocycles.